The molecule has 0 unspecified atom stereocenters. The maximum Gasteiger partial charge on any atom is 0.306 e. The molecular weight excluding hydrogens is 400 g/mol. The molecular formula is C20H21ClN2O6. The molecule has 0 radical (unpaired) electrons. The smallest absolute Gasteiger partial charge is 0.306 e. The Morgan fingerprint density at radius 2 is 1.52 bits per heavy atom. The number of carbonyl (C=O) groups is 3. The first-order chi connectivity index (χ1) is 13.9. The highest BCUT2D eigenvalue weighted by Gasteiger charge is 2.13. The number of rotatable bonds is 9. The lowest BCUT2D eigenvalue weighted by molar-refractivity contribution is -0.147. The number of hydrogen-bond donors (Lipinski definition) is 2. The Balaban J connectivity index is 1.76. The normalized spacial score (nSPS) is 10.0. The number of amides is 2. The minimum absolute atomic E-state index is 0.0966. The van der Waals surface area contributed by atoms with Crippen molar-refractivity contribution >= 4 is 40.8 Å². The Morgan fingerprint density at radius 1 is 0.862 bits per heavy atom. The Morgan fingerprint density at radius 3 is 2.24 bits per heavy atom. The van der Waals surface area contributed by atoms with E-state index in [9.17, 15) is 14.4 Å². The summed E-state index contributed by atoms with van der Waals surface area (Å²) in [6.45, 7) is -0.497. The summed E-state index contributed by atoms with van der Waals surface area (Å²) in [5.74, 6) is -0.677. The molecule has 0 heterocycles. The van der Waals surface area contributed by atoms with Crippen LogP contribution >= 0.6 is 11.6 Å². The van der Waals surface area contributed by atoms with Crippen LogP contribution in [-0.2, 0) is 19.1 Å². The van der Waals surface area contributed by atoms with Gasteiger partial charge in [-0.25, -0.2) is 0 Å². The highest BCUT2D eigenvalue weighted by molar-refractivity contribution is 6.31. The molecule has 0 saturated heterocycles. The van der Waals surface area contributed by atoms with Crippen molar-refractivity contribution < 1.29 is 28.6 Å². The van der Waals surface area contributed by atoms with E-state index in [0.717, 1.165) is 0 Å². The van der Waals surface area contributed by atoms with Crippen molar-refractivity contribution in [3.05, 3.63) is 47.5 Å². The molecule has 0 fully saturated rings. The number of anilines is 2. The van der Waals surface area contributed by atoms with Crippen LogP contribution < -0.4 is 20.1 Å². The summed E-state index contributed by atoms with van der Waals surface area (Å²) in [4.78, 5) is 35.8. The molecule has 2 rings (SSSR count). The molecule has 2 aromatic carbocycles. The Bertz CT molecular complexity index is 887. The van der Waals surface area contributed by atoms with Crippen molar-refractivity contribution in [1.82, 2.24) is 0 Å². The van der Waals surface area contributed by atoms with Gasteiger partial charge in [-0.05, 0) is 30.3 Å². The molecule has 29 heavy (non-hydrogen) atoms. The highest BCUT2D eigenvalue weighted by atomic mass is 35.5. The summed E-state index contributed by atoms with van der Waals surface area (Å²) in [6, 6.07) is 11.6. The van der Waals surface area contributed by atoms with Gasteiger partial charge >= 0.3 is 5.97 Å². The minimum atomic E-state index is -0.673. The van der Waals surface area contributed by atoms with Crippen LogP contribution in [0.2, 0.25) is 5.02 Å². The Kier molecular flexibility index (Phi) is 8.29. The molecule has 0 saturated carbocycles. The van der Waals surface area contributed by atoms with Gasteiger partial charge in [0, 0.05) is 11.4 Å². The van der Waals surface area contributed by atoms with Gasteiger partial charge in [0.1, 0.15) is 11.5 Å². The topological polar surface area (TPSA) is 103 Å². The van der Waals surface area contributed by atoms with Crippen LogP contribution in [0.15, 0.2) is 42.5 Å². The van der Waals surface area contributed by atoms with Crippen LogP contribution in [0.5, 0.6) is 11.5 Å². The zero-order valence-corrected chi connectivity index (χ0v) is 16.7. The molecule has 2 amide bonds. The third-order valence-electron chi connectivity index (χ3n) is 3.74. The van der Waals surface area contributed by atoms with E-state index in [-0.39, 0.29) is 18.7 Å². The Labute approximate surface area is 173 Å². The average molecular weight is 421 g/mol. The predicted molar refractivity (Wildman–Crippen MR) is 108 cm³/mol. The van der Waals surface area contributed by atoms with Crippen LogP contribution in [-0.4, -0.2) is 38.6 Å². The second-order valence-corrected chi connectivity index (χ2v) is 6.24. The molecule has 154 valence electrons. The van der Waals surface area contributed by atoms with Gasteiger partial charge in [-0.15, -0.1) is 0 Å². The van der Waals surface area contributed by atoms with E-state index >= 15 is 0 Å². The number of hydrogen-bond acceptors (Lipinski definition) is 6. The van der Waals surface area contributed by atoms with E-state index in [4.69, 9.17) is 25.8 Å². The second kappa shape index (κ2) is 10.9. The van der Waals surface area contributed by atoms with Crippen molar-refractivity contribution in [2.75, 3.05) is 31.5 Å². The lowest BCUT2D eigenvalue weighted by Crippen LogP contribution is -2.22. The molecule has 8 nitrogen and oxygen atoms in total. The van der Waals surface area contributed by atoms with Gasteiger partial charge in [-0.3, -0.25) is 14.4 Å². The summed E-state index contributed by atoms with van der Waals surface area (Å²) in [5.41, 5.74) is 0.862. The first-order valence-electron chi connectivity index (χ1n) is 8.64. The van der Waals surface area contributed by atoms with Crippen molar-refractivity contribution in [2.45, 2.75) is 12.8 Å². The summed E-state index contributed by atoms with van der Waals surface area (Å²) >= 11 is 5.89. The quantitative estimate of drug-likeness (QED) is 0.603. The van der Waals surface area contributed by atoms with Crippen LogP contribution in [0.25, 0.3) is 0 Å². The van der Waals surface area contributed by atoms with Gasteiger partial charge in [0.15, 0.2) is 6.61 Å². The maximum atomic E-state index is 12.0. The molecule has 2 aromatic rings. The molecule has 0 aliphatic rings. The fourth-order valence-electron chi connectivity index (χ4n) is 2.36. The largest absolute Gasteiger partial charge is 0.495 e. The van der Waals surface area contributed by atoms with Gasteiger partial charge in [0.2, 0.25) is 5.91 Å². The van der Waals surface area contributed by atoms with Crippen molar-refractivity contribution in [3.8, 4) is 11.5 Å². The van der Waals surface area contributed by atoms with Crippen LogP contribution in [0.3, 0.4) is 0 Å². The van der Waals surface area contributed by atoms with Crippen molar-refractivity contribution in [2.24, 2.45) is 0 Å². The molecule has 0 atom stereocenters. The number of para-hydroxylation sites is 2. The predicted octanol–water partition coefficient (Wildman–Crippen LogP) is 3.26. The van der Waals surface area contributed by atoms with Gasteiger partial charge < -0.3 is 24.8 Å². The van der Waals surface area contributed by atoms with E-state index in [1.807, 2.05) is 0 Å². The first-order valence-corrected chi connectivity index (χ1v) is 9.02. The summed E-state index contributed by atoms with van der Waals surface area (Å²) < 4.78 is 15.2. The van der Waals surface area contributed by atoms with E-state index in [1.54, 1.807) is 36.4 Å². The minimum Gasteiger partial charge on any atom is -0.495 e. The fraction of sp³-hybridized carbons (Fsp3) is 0.250. The molecule has 0 aliphatic carbocycles. The molecule has 9 heteroatoms. The highest BCUT2D eigenvalue weighted by Crippen LogP contribution is 2.27. The maximum absolute atomic E-state index is 12.0. The first kappa shape index (κ1) is 22.0. The second-order valence-electron chi connectivity index (χ2n) is 5.80. The van der Waals surface area contributed by atoms with E-state index in [2.05, 4.69) is 10.6 Å². The number of benzene rings is 2. The summed E-state index contributed by atoms with van der Waals surface area (Å²) in [5, 5.41) is 5.62. The molecule has 0 bridgehead atoms. The number of nitrogens with one attached hydrogen (secondary N) is 2. The van der Waals surface area contributed by atoms with Crippen molar-refractivity contribution in [1.29, 1.82) is 0 Å². The number of carbonyl (C=O) groups excluding carboxylic acids is 3. The lowest BCUT2D eigenvalue weighted by atomic mass is 10.2. The number of esters is 1. The SMILES string of the molecule is COc1ccccc1NC(=O)CCC(=O)OCC(=O)Nc1cc(Cl)ccc1OC. The summed E-state index contributed by atoms with van der Waals surface area (Å²) in [7, 11) is 2.95. The monoisotopic (exact) mass is 420 g/mol. The Hall–Kier alpha value is -3.26. The fourth-order valence-corrected chi connectivity index (χ4v) is 2.53. The third-order valence-corrected chi connectivity index (χ3v) is 3.97. The van der Waals surface area contributed by atoms with Crippen LogP contribution in [0, 0.1) is 0 Å². The molecule has 0 aromatic heterocycles. The zero-order valence-electron chi connectivity index (χ0n) is 16.0. The number of halogens is 1. The molecule has 2 N–H and O–H groups in total. The lowest BCUT2D eigenvalue weighted by Gasteiger charge is -2.11. The molecule has 0 aliphatic heterocycles. The van der Waals surface area contributed by atoms with Gasteiger partial charge in [0.25, 0.3) is 5.91 Å². The zero-order chi connectivity index (χ0) is 21.2. The van der Waals surface area contributed by atoms with Crippen molar-refractivity contribution in [3.63, 3.8) is 0 Å². The average Bonchev–Trinajstić information content (AvgIpc) is 2.71. The third kappa shape index (κ3) is 7.00. The standard InChI is InChI=1S/C20H21ClN2O6/c1-27-16-6-4-3-5-14(16)22-18(24)9-10-20(26)29-12-19(25)23-15-11-13(21)7-8-17(15)28-2/h3-8,11H,9-10,12H2,1-2H3,(H,22,24)(H,23,25). The number of methoxy groups -OCH3 is 2. The van der Waals surface area contributed by atoms with Crippen LogP contribution in [0.4, 0.5) is 11.4 Å². The van der Waals surface area contributed by atoms with Gasteiger partial charge in [0.05, 0.1) is 32.0 Å². The van der Waals surface area contributed by atoms with Gasteiger partial charge in [-0.2, -0.15) is 0 Å². The molecule has 0 spiro atoms. The van der Waals surface area contributed by atoms with E-state index < -0.39 is 18.5 Å². The van der Waals surface area contributed by atoms with E-state index in [1.165, 1.54) is 20.3 Å². The van der Waals surface area contributed by atoms with Crippen LogP contribution in [0.1, 0.15) is 12.8 Å². The summed E-state index contributed by atoms with van der Waals surface area (Å²) in [6.07, 6.45) is -0.268. The number of ether oxygens (including phenoxy) is 3. The van der Waals surface area contributed by atoms with Gasteiger partial charge in [-0.1, -0.05) is 23.7 Å². The van der Waals surface area contributed by atoms with E-state index in [0.29, 0.717) is 27.9 Å².